The Labute approximate surface area is 173 Å². The van der Waals surface area contributed by atoms with E-state index in [0.717, 1.165) is 30.1 Å². The first kappa shape index (κ1) is 18.2. The van der Waals surface area contributed by atoms with Gasteiger partial charge in [0.1, 0.15) is 17.3 Å². The number of carbonyl (C=O) groups excluding carboxylic acids is 1. The van der Waals surface area contributed by atoms with E-state index < -0.39 is 0 Å². The molecule has 2 fully saturated rings. The average molecular weight is 412 g/mol. The van der Waals surface area contributed by atoms with Crippen molar-refractivity contribution in [2.24, 2.45) is 0 Å². The SMILES string of the molecule is CN1CCN(c2cc(C3CC3)cn3cc(CNc4cc(Cl)ncn4)nc23)CC1=O. The van der Waals surface area contributed by atoms with E-state index in [2.05, 4.69) is 36.8 Å². The van der Waals surface area contributed by atoms with Crippen molar-refractivity contribution < 1.29 is 4.79 Å². The summed E-state index contributed by atoms with van der Waals surface area (Å²) in [6.45, 7) is 2.45. The molecule has 3 aromatic rings. The van der Waals surface area contributed by atoms with Crippen molar-refractivity contribution in [3.8, 4) is 0 Å². The Hall–Kier alpha value is -2.87. The van der Waals surface area contributed by atoms with E-state index in [0.29, 0.717) is 30.0 Å². The van der Waals surface area contributed by atoms with Gasteiger partial charge in [-0.1, -0.05) is 11.6 Å². The molecule has 1 amide bonds. The number of likely N-dealkylation sites (N-methyl/N-ethyl adjacent to an activating group) is 1. The van der Waals surface area contributed by atoms with Crippen LogP contribution in [0.2, 0.25) is 5.15 Å². The highest BCUT2D eigenvalue weighted by molar-refractivity contribution is 6.29. The molecule has 0 aromatic carbocycles. The Morgan fingerprint density at radius 1 is 1.21 bits per heavy atom. The second kappa shape index (κ2) is 7.18. The highest BCUT2D eigenvalue weighted by Crippen LogP contribution is 2.42. The summed E-state index contributed by atoms with van der Waals surface area (Å²) in [7, 11) is 1.86. The molecular weight excluding hydrogens is 390 g/mol. The number of piperazine rings is 1. The molecule has 2 aliphatic rings. The molecule has 9 heteroatoms. The molecule has 4 heterocycles. The van der Waals surface area contributed by atoms with E-state index in [1.807, 2.05) is 13.2 Å². The van der Waals surface area contributed by atoms with Gasteiger partial charge >= 0.3 is 0 Å². The number of fused-ring (bicyclic) bond motifs is 1. The number of amides is 1. The lowest BCUT2D eigenvalue weighted by Crippen LogP contribution is -2.48. The van der Waals surface area contributed by atoms with Crippen molar-refractivity contribution >= 4 is 34.7 Å². The molecular formula is C20H22ClN7O. The van der Waals surface area contributed by atoms with Crippen LogP contribution < -0.4 is 10.2 Å². The predicted octanol–water partition coefficient (Wildman–Crippen LogP) is 2.55. The van der Waals surface area contributed by atoms with Gasteiger partial charge in [-0.3, -0.25) is 4.79 Å². The number of nitrogens with one attached hydrogen (secondary N) is 1. The summed E-state index contributed by atoms with van der Waals surface area (Å²) >= 11 is 5.93. The molecule has 0 bridgehead atoms. The molecule has 29 heavy (non-hydrogen) atoms. The molecule has 1 N–H and O–H groups in total. The van der Waals surface area contributed by atoms with Crippen LogP contribution in [0.4, 0.5) is 11.5 Å². The van der Waals surface area contributed by atoms with E-state index in [-0.39, 0.29) is 5.91 Å². The zero-order valence-electron chi connectivity index (χ0n) is 16.2. The lowest BCUT2D eigenvalue weighted by Gasteiger charge is -2.33. The van der Waals surface area contributed by atoms with Crippen molar-refractivity contribution in [2.45, 2.75) is 25.3 Å². The summed E-state index contributed by atoms with van der Waals surface area (Å²) in [5, 5.41) is 3.64. The number of carbonyl (C=O) groups is 1. The van der Waals surface area contributed by atoms with Crippen LogP contribution in [0.1, 0.15) is 30.0 Å². The first-order valence-electron chi connectivity index (χ1n) is 9.78. The molecule has 0 atom stereocenters. The second-order valence-electron chi connectivity index (χ2n) is 7.71. The van der Waals surface area contributed by atoms with Crippen LogP contribution in [0.3, 0.4) is 0 Å². The van der Waals surface area contributed by atoms with Gasteiger partial charge < -0.3 is 19.5 Å². The number of pyridine rings is 1. The van der Waals surface area contributed by atoms with Crippen LogP contribution >= 0.6 is 11.6 Å². The number of hydrogen-bond donors (Lipinski definition) is 1. The first-order chi connectivity index (χ1) is 14.1. The minimum Gasteiger partial charge on any atom is -0.364 e. The summed E-state index contributed by atoms with van der Waals surface area (Å²) in [6.07, 6.45) is 8.10. The minimum absolute atomic E-state index is 0.139. The summed E-state index contributed by atoms with van der Waals surface area (Å²) in [5.41, 5.74) is 4.13. The highest BCUT2D eigenvalue weighted by atomic mass is 35.5. The molecule has 150 valence electrons. The van der Waals surface area contributed by atoms with Crippen molar-refractivity contribution in [3.05, 3.63) is 47.3 Å². The van der Waals surface area contributed by atoms with Crippen LogP contribution in [-0.4, -0.2) is 56.8 Å². The maximum absolute atomic E-state index is 12.3. The van der Waals surface area contributed by atoms with E-state index in [9.17, 15) is 4.79 Å². The molecule has 1 aliphatic heterocycles. The molecule has 3 aromatic heterocycles. The van der Waals surface area contributed by atoms with Gasteiger partial charge in [0, 0.05) is 38.6 Å². The molecule has 0 unspecified atom stereocenters. The lowest BCUT2D eigenvalue weighted by atomic mass is 10.1. The normalized spacial score (nSPS) is 17.2. The standard InChI is InChI=1S/C20H22ClN7O/c1-26-4-5-27(11-19(26)29)16-6-14(13-2-3-13)9-28-10-15(25-20(16)28)8-22-18-7-17(21)23-12-24-18/h6-7,9-10,12-13H,2-5,8,11H2,1H3,(H,22,23,24). The topological polar surface area (TPSA) is 78.7 Å². The van der Waals surface area contributed by atoms with Gasteiger partial charge in [0.2, 0.25) is 5.91 Å². The average Bonchev–Trinajstić information content (AvgIpc) is 3.47. The van der Waals surface area contributed by atoms with Gasteiger partial charge in [-0.15, -0.1) is 0 Å². The Morgan fingerprint density at radius 3 is 2.83 bits per heavy atom. The third kappa shape index (κ3) is 3.72. The largest absolute Gasteiger partial charge is 0.364 e. The number of hydrogen-bond acceptors (Lipinski definition) is 6. The van der Waals surface area contributed by atoms with Crippen LogP contribution in [0.15, 0.2) is 30.9 Å². The summed E-state index contributed by atoms with van der Waals surface area (Å²) < 4.78 is 2.09. The quantitative estimate of drug-likeness (QED) is 0.650. The lowest BCUT2D eigenvalue weighted by molar-refractivity contribution is -0.129. The number of aromatic nitrogens is 4. The Morgan fingerprint density at radius 2 is 2.07 bits per heavy atom. The van der Waals surface area contributed by atoms with Gasteiger partial charge in [0.15, 0.2) is 5.65 Å². The zero-order chi connectivity index (χ0) is 20.0. The smallest absolute Gasteiger partial charge is 0.241 e. The number of rotatable bonds is 5. The van der Waals surface area contributed by atoms with Crippen LogP contribution in [0, 0.1) is 0 Å². The Bertz CT molecular complexity index is 1080. The Kier molecular flexibility index (Phi) is 4.50. The number of imidazole rings is 1. The van der Waals surface area contributed by atoms with E-state index in [4.69, 9.17) is 16.6 Å². The third-order valence-corrected chi connectivity index (χ3v) is 5.74. The van der Waals surface area contributed by atoms with Crippen molar-refractivity contribution in [1.82, 2.24) is 24.3 Å². The first-order valence-corrected chi connectivity index (χ1v) is 10.2. The van der Waals surface area contributed by atoms with Gasteiger partial charge in [-0.05, 0) is 30.4 Å². The van der Waals surface area contributed by atoms with Crippen molar-refractivity contribution in [1.29, 1.82) is 0 Å². The van der Waals surface area contributed by atoms with Gasteiger partial charge in [0.25, 0.3) is 0 Å². The van der Waals surface area contributed by atoms with Crippen molar-refractivity contribution in [3.63, 3.8) is 0 Å². The molecule has 8 nitrogen and oxygen atoms in total. The fraction of sp³-hybridized carbons (Fsp3) is 0.400. The fourth-order valence-electron chi connectivity index (χ4n) is 3.69. The van der Waals surface area contributed by atoms with Gasteiger partial charge in [-0.2, -0.15) is 0 Å². The highest BCUT2D eigenvalue weighted by Gasteiger charge is 2.28. The summed E-state index contributed by atoms with van der Waals surface area (Å²) in [5.74, 6) is 1.42. The monoisotopic (exact) mass is 411 g/mol. The predicted molar refractivity (Wildman–Crippen MR) is 111 cm³/mol. The van der Waals surface area contributed by atoms with Crippen molar-refractivity contribution in [2.75, 3.05) is 36.9 Å². The molecule has 1 saturated carbocycles. The van der Waals surface area contributed by atoms with Crippen LogP contribution in [-0.2, 0) is 11.3 Å². The molecule has 1 aliphatic carbocycles. The molecule has 0 spiro atoms. The van der Waals surface area contributed by atoms with E-state index in [1.54, 1.807) is 11.0 Å². The number of anilines is 2. The Balaban J connectivity index is 1.46. The number of nitrogens with zero attached hydrogens (tertiary/aromatic N) is 6. The van der Waals surface area contributed by atoms with E-state index in [1.165, 1.54) is 24.7 Å². The molecule has 1 saturated heterocycles. The maximum Gasteiger partial charge on any atom is 0.241 e. The van der Waals surface area contributed by atoms with E-state index >= 15 is 0 Å². The van der Waals surface area contributed by atoms with Crippen LogP contribution in [0.25, 0.3) is 5.65 Å². The maximum atomic E-state index is 12.3. The van der Waals surface area contributed by atoms with Gasteiger partial charge in [-0.25, -0.2) is 15.0 Å². The van der Waals surface area contributed by atoms with Crippen LogP contribution in [0.5, 0.6) is 0 Å². The fourth-order valence-corrected chi connectivity index (χ4v) is 3.83. The second-order valence-corrected chi connectivity index (χ2v) is 8.10. The third-order valence-electron chi connectivity index (χ3n) is 5.53. The molecule has 0 radical (unpaired) electrons. The zero-order valence-corrected chi connectivity index (χ0v) is 16.9. The number of halogens is 1. The molecule has 5 rings (SSSR count). The minimum atomic E-state index is 0.139. The summed E-state index contributed by atoms with van der Waals surface area (Å²) in [4.78, 5) is 29.1. The van der Waals surface area contributed by atoms with Gasteiger partial charge in [0.05, 0.1) is 24.5 Å². The summed E-state index contributed by atoms with van der Waals surface area (Å²) in [6, 6.07) is 3.91.